The Bertz CT molecular complexity index is 1120. The van der Waals surface area contributed by atoms with Crippen molar-refractivity contribution in [3.63, 3.8) is 0 Å². The third-order valence-corrected chi connectivity index (χ3v) is 6.08. The Morgan fingerprint density at radius 1 is 1.27 bits per heavy atom. The quantitative estimate of drug-likeness (QED) is 0.130. The van der Waals surface area contributed by atoms with Crippen molar-refractivity contribution in [1.82, 2.24) is 35.1 Å². The van der Waals surface area contributed by atoms with E-state index in [9.17, 15) is 24.6 Å². The number of nitrogens with two attached hydrogens (primary N) is 1. The summed E-state index contributed by atoms with van der Waals surface area (Å²) in [5.74, 6) is -2.27. The highest BCUT2D eigenvalue weighted by Crippen LogP contribution is 2.27. The molecule has 0 radical (unpaired) electrons. The number of hydrogen-bond acceptors (Lipinski definition) is 9. The van der Waals surface area contributed by atoms with Gasteiger partial charge in [-0.2, -0.15) is 4.98 Å². The summed E-state index contributed by atoms with van der Waals surface area (Å²) in [7, 11) is 0. The molecule has 0 aromatic carbocycles. The SMILES string of the molecule is CCCCC(OC(=O)N1CCC[C@H]1C(=O)N[C@@H](CCCNC(=N)N)C(=O)O)n1cnc2c(O)ncnc21. The molecule has 1 unspecified atom stereocenters. The van der Waals surface area contributed by atoms with Crippen LogP contribution in [0.5, 0.6) is 5.88 Å². The molecule has 3 rings (SSSR count). The molecule has 202 valence electrons. The summed E-state index contributed by atoms with van der Waals surface area (Å²) < 4.78 is 7.34. The number of unbranched alkanes of at least 4 members (excludes halogenated alkanes) is 1. The van der Waals surface area contributed by atoms with Gasteiger partial charge in [0.05, 0.1) is 0 Å². The highest BCUT2D eigenvalue weighted by molar-refractivity contribution is 5.89. The third kappa shape index (κ3) is 6.95. The summed E-state index contributed by atoms with van der Waals surface area (Å²) in [4.78, 5) is 51.1. The normalized spacial score (nSPS) is 16.8. The van der Waals surface area contributed by atoms with Crippen LogP contribution in [0.2, 0.25) is 0 Å². The van der Waals surface area contributed by atoms with Crippen molar-refractivity contribution in [3.05, 3.63) is 12.7 Å². The summed E-state index contributed by atoms with van der Waals surface area (Å²) in [6.07, 6.45) is 4.56. The van der Waals surface area contributed by atoms with E-state index in [0.29, 0.717) is 37.9 Å². The molecule has 15 nitrogen and oxygen atoms in total. The molecule has 1 aliphatic rings. The number of aromatic hydroxyl groups is 1. The van der Waals surface area contributed by atoms with Crippen LogP contribution in [0, 0.1) is 5.41 Å². The number of nitrogens with zero attached hydrogens (tertiary/aromatic N) is 5. The van der Waals surface area contributed by atoms with Gasteiger partial charge in [0.25, 0.3) is 0 Å². The first-order valence-electron chi connectivity index (χ1n) is 12.2. The highest BCUT2D eigenvalue weighted by atomic mass is 16.6. The van der Waals surface area contributed by atoms with Gasteiger partial charge in [0.2, 0.25) is 11.8 Å². The zero-order valence-electron chi connectivity index (χ0n) is 20.6. The summed E-state index contributed by atoms with van der Waals surface area (Å²) >= 11 is 0. The van der Waals surface area contributed by atoms with Gasteiger partial charge in [-0.05, 0) is 32.1 Å². The average molecular weight is 520 g/mol. The van der Waals surface area contributed by atoms with Crippen LogP contribution >= 0.6 is 0 Å². The molecule has 0 spiro atoms. The number of amides is 2. The number of aliphatic carboxylic acids is 1. The Balaban J connectivity index is 1.68. The van der Waals surface area contributed by atoms with Gasteiger partial charge in [-0.1, -0.05) is 13.3 Å². The van der Waals surface area contributed by atoms with E-state index in [1.54, 1.807) is 4.57 Å². The minimum atomic E-state index is -1.19. The number of carboxylic acids is 1. The fourth-order valence-corrected chi connectivity index (χ4v) is 4.18. The van der Waals surface area contributed by atoms with Gasteiger partial charge in [0, 0.05) is 19.5 Å². The van der Waals surface area contributed by atoms with Crippen LogP contribution in [-0.4, -0.2) is 83.7 Å². The molecule has 0 bridgehead atoms. The number of aromatic nitrogens is 4. The lowest BCUT2D eigenvalue weighted by Gasteiger charge is -2.27. The van der Waals surface area contributed by atoms with Crippen molar-refractivity contribution >= 4 is 35.1 Å². The number of rotatable bonds is 12. The van der Waals surface area contributed by atoms with Gasteiger partial charge in [-0.3, -0.25) is 19.7 Å². The monoisotopic (exact) mass is 519 g/mol. The first-order valence-corrected chi connectivity index (χ1v) is 12.2. The summed E-state index contributed by atoms with van der Waals surface area (Å²) in [6, 6.07) is -2.02. The molecule has 1 aliphatic heterocycles. The maximum absolute atomic E-state index is 13.2. The van der Waals surface area contributed by atoms with Gasteiger partial charge < -0.3 is 31.3 Å². The number of ether oxygens (including phenoxy) is 1. The molecule has 15 heteroatoms. The topological polar surface area (TPSA) is 222 Å². The van der Waals surface area contributed by atoms with E-state index in [2.05, 4.69) is 25.6 Å². The van der Waals surface area contributed by atoms with Crippen molar-refractivity contribution in [1.29, 1.82) is 5.41 Å². The molecular weight excluding hydrogens is 486 g/mol. The molecule has 0 saturated carbocycles. The average Bonchev–Trinajstić information content (AvgIpc) is 3.51. The number of carboxylic acid groups (broad SMARTS) is 1. The van der Waals surface area contributed by atoms with Crippen molar-refractivity contribution < 1.29 is 29.3 Å². The second-order valence-electron chi connectivity index (χ2n) is 8.74. The zero-order valence-corrected chi connectivity index (χ0v) is 20.6. The standard InChI is InChI=1S/C22H33N9O6/c1-2-3-8-15(31-12-28-16-17(31)26-11-27-19(16)33)37-22(36)30-10-5-7-14(30)18(32)29-13(20(34)35)6-4-9-25-21(23)24/h11-15H,2-10H2,1H3,(H,29,32)(H,34,35)(H4,23,24,25)(H,26,27,33)/t13-,14-,15?/m0/s1. The van der Waals surface area contributed by atoms with Gasteiger partial charge in [0.15, 0.2) is 23.4 Å². The van der Waals surface area contributed by atoms with Crippen molar-refractivity contribution in [3.8, 4) is 5.88 Å². The maximum Gasteiger partial charge on any atom is 0.412 e. The van der Waals surface area contributed by atoms with Crippen LogP contribution in [0.4, 0.5) is 4.79 Å². The van der Waals surface area contributed by atoms with Gasteiger partial charge in [-0.25, -0.2) is 19.6 Å². The Morgan fingerprint density at radius 3 is 2.76 bits per heavy atom. The predicted molar refractivity (Wildman–Crippen MR) is 130 cm³/mol. The predicted octanol–water partition coefficient (Wildman–Crippen LogP) is 0.654. The van der Waals surface area contributed by atoms with Crippen LogP contribution in [0.1, 0.15) is 58.1 Å². The Hall–Kier alpha value is -4.17. The second-order valence-corrected chi connectivity index (χ2v) is 8.74. The van der Waals surface area contributed by atoms with Crippen LogP contribution in [0.15, 0.2) is 12.7 Å². The second kappa shape index (κ2) is 12.7. The number of guanidine groups is 1. The van der Waals surface area contributed by atoms with Gasteiger partial charge in [-0.15, -0.1) is 0 Å². The number of carbonyl (C=O) groups excluding carboxylic acids is 2. The van der Waals surface area contributed by atoms with E-state index < -0.39 is 36.3 Å². The molecular formula is C22H33N9O6. The smallest absolute Gasteiger partial charge is 0.412 e. The molecule has 3 atom stereocenters. The molecule has 2 aromatic rings. The summed E-state index contributed by atoms with van der Waals surface area (Å²) in [5, 5.41) is 31.7. The molecule has 1 saturated heterocycles. The number of nitrogens with one attached hydrogen (secondary N) is 3. The van der Waals surface area contributed by atoms with Crippen LogP contribution in [0.25, 0.3) is 11.2 Å². The zero-order chi connectivity index (χ0) is 26.9. The van der Waals surface area contributed by atoms with E-state index in [-0.39, 0.29) is 30.3 Å². The first kappa shape index (κ1) is 27.4. The van der Waals surface area contributed by atoms with Crippen molar-refractivity contribution in [2.24, 2.45) is 5.73 Å². The molecule has 7 N–H and O–H groups in total. The summed E-state index contributed by atoms with van der Waals surface area (Å²) in [5.41, 5.74) is 5.70. The lowest BCUT2D eigenvalue weighted by molar-refractivity contribution is -0.142. The van der Waals surface area contributed by atoms with Crippen LogP contribution < -0.4 is 16.4 Å². The van der Waals surface area contributed by atoms with Gasteiger partial charge >= 0.3 is 12.1 Å². The highest BCUT2D eigenvalue weighted by Gasteiger charge is 2.38. The fraction of sp³-hybridized carbons (Fsp3) is 0.591. The van der Waals surface area contributed by atoms with Crippen LogP contribution in [-0.2, 0) is 14.3 Å². The van der Waals surface area contributed by atoms with E-state index in [1.807, 2.05) is 6.92 Å². The van der Waals surface area contributed by atoms with E-state index in [0.717, 1.165) is 12.8 Å². The van der Waals surface area contributed by atoms with E-state index >= 15 is 0 Å². The minimum absolute atomic E-state index is 0.125. The fourth-order valence-electron chi connectivity index (χ4n) is 4.18. The number of imidazole rings is 1. The maximum atomic E-state index is 13.2. The molecule has 2 amide bonds. The largest absolute Gasteiger partial charge is 0.492 e. The van der Waals surface area contributed by atoms with Crippen molar-refractivity contribution in [2.75, 3.05) is 13.1 Å². The van der Waals surface area contributed by atoms with Gasteiger partial charge in [0.1, 0.15) is 24.7 Å². The lowest BCUT2D eigenvalue weighted by atomic mass is 10.1. The lowest BCUT2D eigenvalue weighted by Crippen LogP contribution is -2.51. The molecule has 3 heterocycles. The Morgan fingerprint density at radius 2 is 2.05 bits per heavy atom. The third-order valence-electron chi connectivity index (χ3n) is 6.08. The number of likely N-dealkylation sites (tertiary alicyclic amines) is 1. The first-order chi connectivity index (χ1) is 17.7. The Kier molecular flexibility index (Phi) is 9.40. The molecule has 0 aliphatic carbocycles. The number of fused-ring (bicyclic) bond motifs is 1. The molecule has 1 fully saturated rings. The van der Waals surface area contributed by atoms with Crippen LogP contribution in [0.3, 0.4) is 0 Å². The number of carbonyl (C=O) groups is 3. The Labute approximate surface area is 212 Å². The van der Waals surface area contributed by atoms with Crippen molar-refractivity contribution in [2.45, 2.75) is 70.2 Å². The minimum Gasteiger partial charge on any atom is -0.492 e. The summed E-state index contributed by atoms with van der Waals surface area (Å²) in [6.45, 7) is 2.57. The van der Waals surface area contributed by atoms with E-state index in [4.69, 9.17) is 15.9 Å². The van der Waals surface area contributed by atoms with E-state index in [1.165, 1.54) is 17.6 Å². The molecule has 2 aromatic heterocycles. The number of hydrogen-bond donors (Lipinski definition) is 6. The molecule has 37 heavy (non-hydrogen) atoms.